The first-order valence-corrected chi connectivity index (χ1v) is 13.1. The number of pyridine rings is 2. The van der Waals surface area contributed by atoms with Gasteiger partial charge in [0.25, 0.3) is 0 Å². The van der Waals surface area contributed by atoms with E-state index in [4.69, 9.17) is 4.98 Å². The van der Waals surface area contributed by atoms with E-state index in [1.165, 1.54) is 0 Å². The number of imidazole rings is 1. The number of fused-ring (bicyclic) bond motifs is 1. The summed E-state index contributed by atoms with van der Waals surface area (Å²) >= 11 is 0. The average molecular weight is 517 g/mol. The number of rotatable bonds is 5. The Labute approximate surface area is 231 Å². The van der Waals surface area contributed by atoms with E-state index < -0.39 is 0 Å². The molecule has 5 nitrogen and oxygen atoms in total. The van der Waals surface area contributed by atoms with Crippen LogP contribution < -0.4 is 0 Å². The quantitative estimate of drug-likeness (QED) is 0.250. The molecule has 7 rings (SSSR count). The SMILES string of the molecule is Oc1cccnc1-c1nc2c(-c3cccc(-c4cc(-c5ccccc5)ccn4)c3)cccc2n1-c1ccccc1. The molecular weight excluding hydrogens is 492 g/mol. The zero-order chi connectivity index (χ0) is 26.9. The molecule has 1 N–H and O–H groups in total. The van der Waals surface area contributed by atoms with Crippen LogP contribution in [0.5, 0.6) is 5.75 Å². The van der Waals surface area contributed by atoms with Crippen LogP contribution in [0, 0.1) is 0 Å². The molecule has 0 aliphatic heterocycles. The number of benzene rings is 4. The number of hydrogen-bond donors (Lipinski definition) is 1. The molecule has 7 aromatic rings. The highest BCUT2D eigenvalue weighted by molar-refractivity contribution is 5.96. The Morgan fingerprint density at radius 1 is 0.550 bits per heavy atom. The summed E-state index contributed by atoms with van der Waals surface area (Å²) in [6.45, 7) is 0. The number of para-hydroxylation sites is 2. The molecule has 5 heteroatoms. The van der Waals surface area contributed by atoms with Gasteiger partial charge in [-0.25, -0.2) is 9.97 Å². The van der Waals surface area contributed by atoms with Crippen LogP contribution in [0.2, 0.25) is 0 Å². The van der Waals surface area contributed by atoms with Crippen LogP contribution in [-0.2, 0) is 0 Å². The predicted molar refractivity (Wildman–Crippen MR) is 160 cm³/mol. The summed E-state index contributed by atoms with van der Waals surface area (Å²) in [5.41, 5.74) is 9.37. The third-order valence-electron chi connectivity index (χ3n) is 7.03. The van der Waals surface area contributed by atoms with E-state index in [2.05, 4.69) is 69.1 Å². The van der Waals surface area contributed by atoms with Crippen LogP contribution in [0.25, 0.3) is 61.8 Å². The van der Waals surface area contributed by atoms with Crippen molar-refractivity contribution in [2.24, 2.45) is 0 Å². The van der Waals surface area contributed by atoms with E-state index in [0.717, 1.165) is 50.2 Å². The summed E-state index contributed by atoms with van der Waals surface area (Å²) in [5.74, 6) is 0.669. The second-order valence-electron chi connectivity index (χ2n) is 9.53. The van der Waals surface area contributed by atoms with E-state index in [1.807, 2.05) is 66.9 Å². The topological polar surface area (TPSA) is 63.8 Å². The van der Waals surface area contributed by atoms with Crippen molar-refractivity contribution in [3.05, 3.63) is 140 Å². The minimum atomic E-state index is 0.0860. The summed E-state index contributed by atoms with van der Waals surface area (Å²) in [6, 6.07) is 42.4. The Morgan fingerprint density at radius 3 is 2.12 bits per heavy atom. The van der Waals surface area contributed by atoms with Crippen molar-refractivity contribution in [3.8, 4) is 56.5 Å². The second kappa shape index (κ2) is 9.97. The Bertz CT molecular complexity index is 1960. The third kappa shape index (κ3) is 4.20. The van der Waals surface area contributed by atoms with E-state index in [1.54, 1.807) is 18.3 Å². The molecule has 3 aromatic heterocycles. The van der Waals surface area contributed by atoms with Crippen LogP contribution in [0.3, 0.4) is 0 Å². The highest BCUT2D eigenvalue weighted by Crippen LogP contribution is 2.37. The van der Waals surface area contributed by atoms with Gasteiger partial charge in [-0.05, 0) is 65.2 Å². The molecule has 0 unspecified atom stereocenters. The minimum absolute atomic E-state index is 0.0860. The molecule has 0 aliphatic rings. The normalized spacial score (nSPS) is 11.1. The van der Waals surface area contributed by atoms with E-state index in [0.29, 0.717) is 11.5 Å². The van der Waals surface area contributed by atoms with Crippen molar-refractivity contribution in [2.75, 3.05) is 0 Å². The largest absolute Gasteiger partial charge is 0.506 e. The van der Waals surface area contributed by atoms with Crippen LogP contribution in [-0.4, -0.2) is 24.6 Å². The lowest BCUT2D eigenvalue weighted by atomic mass is 9.99. The lowest BCUT2D eigenvalue weighted by Gasteiger charge is -2.10. The molecule has 0 spiro atoms. The van der Waals surface area contributed by atoms with Crippen LogP contribution in [0.15, 0.2) is 140 Å². The molecule has 0 amide bonds. The fraction of sp³-hybridized carbons (Fsp3) is 0. The van der Waals surface area contributed by atoms with Gasteiger partial charge in [-0.2, -0.15) is 0 Å². The summed E-state index contributed by atoms with van der Waals surface area (Å²) in [4.78, 5) is 14.2. The molecule has 0 radical (unpaired) electrons. The number of aromatic nitrogens is 4. The van der Waals surface area contributed by atoms with Gasteiger partial charge in [0.05, 0.1) is 16.7 Å². The summed E-state index contributed by atoms with van der Waals surface area (Å²) in [7, 11) is 0. The van der Waals surface area contributed by atoms with E-state index in [9.17, 15) is 5.11 Å². The summed E-state index contributed by atoms with van der Waals surface area (Å²) in [5, 5.41) is 10.7. The van der Waals surface area contributed by atoms with Gasteiger partial charge in [0, 0.05) is 29.2 Å². The lowest BCUT2D eigenvalue weighted by molar-refractivity contribution is 0.474. The molecule has 4 aromatic carbocycles. The van der Waals surface area contributed by atoms with Gasteiger partial charge in [-0.1, -0.05) is 78.9 Å². The van der Waals surface area contributed by atoms with Gasteiger partial charge in [0.2, 0.25) is 0 Å². The lowest BCUT2D eigenvalue weighted by Crippen LogP contribution is -1.98. The van der Waals surface area contributed by atoms with Crippen molar-refractivity contribution in [3.63, 3.8) is 0 Å². The Morgan fingerprint density at radius 2 is 1.30 bits per heavy atom. The van der Waals surface area contributed by atoms with Gasteiger partial charge in [-0.3, -0.25) is 9.55 Å². The smallest absolute Gasteiger partial charge is 0.168 e. The van der Waals surface area contributed by atoms with E-state index >= 15 is 0 Å². The van der Waals surface area contributed by atoms with Crippen molar-refractivity contribution in [1.82, 2.24) is 19.5 Å². The maximum Gasteiger partial charge on any atom is 0.168 e. The van der Waals surface area contributed by atoms with Gasteiger partial charge in [0.1, 0.15) is 11.4 Å². The maximum atomic E-state index is 10.7. The number of hydrogen-bond acceptors (Lipinski definition) is 4. The van der Waals surface area contributed by atoms with Crippen LogP contribution in [0.4, 0.5) is 0 Å². The van der Waals surface area contributed by atoms with Gasteiger partial charge < -0.3 is 5.11 Å². The molecule has 0 fully saturated rings. The molecule has 0 saturated heterocycles. The Balaban J connectivity index is 1.40. The molecule has 0 aliphatic carbocycles. The zero-order valence-corrected chi connectivity index (χ0v) is 21.5. The molecule has 0 saturated carbocycles. The summed E-state index contributed by atoms with van der Waals surface area (Å²) in [6.07, 6.45) is 3.53. The molecule has 0 atom stereocenters. The third-order valence-corrected chi connectivity index (χ3v) is 7.03. The fourth-order valence-electron chi connectivity index (χ4n) is 5.14. The molecule has 0 bridgehead atoms. The fourth-order valence-corrected chi connectivity index (χ4v) is 5.14. The van der Waals surface area contributed by atoms with Gasteiger partial charge >= 0.3 is 0 Å². The molecule has 190 valence electrons. The maximum absolute atomic E-state index is 10.7. The monoisotopic (exact) mass is 516 g/mol. The van der Waals surface area contributed by atoms with Crippen molar-refractivity contribution in [1.29, 1.82) is 0 Å². The van der Waals surface area contributed by atoms with Crippen LogP contribution >= 0.6 is 0 Å². The first-order chi connectivity index (χ1) is 19.8. The van der Waals surface area contributed by atoms with Gasteiger partial charge in [0.15, 0.2) is 5.82 Å². The first kappa shape index (κ1) is 23.6. The molecule has 40 heavy (non-hydrogen) atoms. The highest BCUT2D eigenvalue weighted by atomic mass is 16.3. The molecule has 3 heterocycles. The predicted octanol–water partition coefficient (Wildman–Crippen LogP) is 8.19. The first-order valence-electron chi connectivity index (χ1n) is 13.1. The zero-order valence-electron chi connectivity index (χ0n) is 21.5. The minimum Gasteiger partial charge on any atom is -0.506 e. The van der Waals surface area contributed by atoms with Crippen molar-refractivity contribution >= 4 is 11.0 Å². The molecular formula is C35H24N4O. The van der Waals surface area contributed by atoms with E-state index in [-0.39, 0.29) is 5.75 Å². The number of aromatic hydroxyl groups is 1. The standard InChI is InChI=1S/C35H24N4O/c40-32-18-9-20-37-34(32)35-38-33-29(16-8-17-31(33)39(35)28-14-5-2-6-15-28)26-12-7-13-27(22-26)30-23-25(19-21-36-30)24-10-3-1-4-11-24/h1-23,40H. The highest BCUT2D eigenvalue weighted by Gasteiger charge is 2.20. The average Bonchev–Trinajstić information content (AvgIpc) is 3.42. The Kier molecular flexibility index (Phi) is 5.87. The summed E-state index contributed by atoms with van der Waals surface area (Å²) < 4.78 is 2.05. The van der Waals surface area contributed by atoms with Crippen LogP contribution in [0.1, 0.15) is 0 Å². The van der Waals surface area contributed by atoms with Crippen molar-refractivity contribution < 1.29 is 5.11 Å². The van der Waals surface area contributed by atoms with Gasteiger partial charge in [-0.15, -0.1) is 0 Å². The van der Waals surface area contributed by atoms with Crippen molar-refractivity contribution in [2.45, 2.75) is 0 Å². The number of nitrogens with zero attached hydrogens (tertiary/aromatic N) is 4. The second-order valence-corrected chi connectivity index (χ2v) is 9.53. The Hall–Kier alpha value is -5.55.